The predicted molar refractivity (Wildman–Crippen MR) is 58.9 cm³/mol. The maximum absolute atomic E-state index is 11.9. The highest BCUT2D eigenvalue weighted by molar-refractivity contribution is 5.78. The first-order valence-electron chi connectivity index (χ1n) is 5.66. The smallest absolute Gasteiger partial charge is 0.228 e. The van der Waals surface area contributed by atoms with E-state index in [-0.39, 0.29) is 5.91 Å². The molecule has 0 N–H and O–H groups in total. The number of carbonyl (C=O) groups is 1. The molecule has 0 spiro atoms. The van der Waals surface area contributed by atoms with Gasteiger partial charge in [-0.1, -0.05) is 6.92 Å². The monoisotopic (exact) mass is 223 g/mol. The third kappa shape index (κ3) is 2.61. The van der Waals surface area contributed by atoms with Gasteiger partial charge in [0, 0.05) is 26.2 Å². The molecule has 0 atom stereocenters. The Labute approximate surface area is 95.0 Å². The Morgan fingerprint density at radius 1 is 1.44 bits per heavy atom. The second-order valence-corrected chi connectivity index (χ2v) is 3.97. The predicted octanol–water partition coefficient (Wildman–Crippen LogP) is 0.381. The summed E-state index contributed by atoms with van der Waals surface area (Å²) in [5.41, 5.74) is 0.711. The van der Waals surface area contributed by atoms with Gasteiger partial charge in [-0.05, 0) is 6.54 Å². The summed E-state index contributed by atoms with van der Waals surface area (Å²) in [6.45, 7) is 6.80. The standard InChI is InChI=1S/C11H17N3O2/c1-2-13-3-5-14(6-4-13)11(15)7-10-8-16-9-12-10/h8-9H,2-7H2,1H3. The number of hydrogen-bond acceptors (Lipinski definition) is 4. The topological polar surface area (TPSA) is 49.6 Å². The van der Waals surface area contributed by atoms with E-state index in [1.807, 2.05) is 4.90 Å². The largest absolute Gasteiger partial charge is 0.451 e. The van der Waals surface area contributed by atoms with Crippen LogP contribution in [0.1, 0.15) is 12.6 Å². The van der Waals surface area contributed by atoms with Crippen LogP contribution in [-0.4, -0.2) is 53.4 Å². The van der Waals surface area contributed by atoms with Gasteiger partial charge in [-0.3, -0.25) is 4.79 Å². The Bertz CT molecular complexity index is 329. The lowest BCUT2D eigenvalue weighted by Crippen LogP contribution is -2.48. The third-order valence-corrected chi connectivity index (χ3v) is 2.99. The lowest BCUT2D eigenvalue weighted by Gasteiger charge is -2.33. The molecule has 5 heteroatoms. The van der Waals surface area contributed by atoms with E-state index in [0.717, 1.165) is 32.7 Å². The van der Waals surface area contributed by atoms with E-state index in [4.69, 9.17) is 4.42 Å². The summed E-state index contributed by atoms with van der Waals surface area (Å²) < 4.78 is 4.85. The fourth-order valence-electron chi connectivity index (χ4n) is 1.91. The molecule has 88 valence electrons. The first kappa shape index (κ1) is 11.1. The van der Waals surface area contributed by atoms with Gasteiger partial charge in [0.15, 0.2) is 6.39 Å². The van der Waals surface area contributed by atoms with Crippen LogP contribution in [0.15, 0.2) is 17.1 Å². The van der Waals surface area contributed by atoms with Crippen molar-refractivity contribution in [1.29, 1.82) is 0 Å². The average Bonchev–Trinajstić information content (AvgIpc) is 2.82. The summed E-state index contributed by atoms with van der Waals surface area (Å²) in [6, 6.07) is 0. The second kappa shape index (κ2) is 5.12. The van der Waals surface area contributed by atoms with Crippen LogP contribution in [0.25, 0.3) is 0 Å². The Morgan fingerprint density at radius 2 is 2.19 bits per heavy atom. The zero-order chi connectivity index (χ0) is 11.4. The summed E-state index contributed by atoms with van der Waals surface area (Å²) in [7, 11) is 0. The highest BCUT2D eigenvalue weighted by atomic mass is 16.3. The molecule has 1 aliphatic rings. The first-order chi connectivity index (χ1) is 7.79. The molecule has 1 aromatic rings. The van der Waals surface area contributed by atoms with Gasteiger partial charge < -0.3 is 14.2 Å². The number of hydrogen-bond donors (Lipinski definition) is 0. The number of carbonyl (C=O) groups excluding carboxylic acids is 1. The van der Waals surface area contributed by atoms with Crippen molar-refractivity contribution in [2.75, 3.05) is 32.7 Å². The minimum Gasteiger partial charge on any atom is -0.451 e. The molecule has 1 aliphatic heterocycles. The molecule has 0 bridgehead atoms. The van der Waals surface area contributed by atoms with Gasteiger partial charge in [-0.2, -0.15) is 0 Å². The van der Waals surface area contributed by atoms with Crippen molar-refractivity contribution in [3.8, 4) is 0 Å². The van der Waals surface area contributed by atoms with Gasteiger partial charge in [-0.15, -0.1) is 0 Å². The molecule has 16 heavy (non-hydrogen) atoms. The SMILES string of the molecule is CCN1CCN(C(=O)Cc2cocn2)CC1. The van der Waals surface area contributed by atoms with Crippen LogP contribution in [0.3, 0.4) is 0 Å². The molecule has 1 saturated heterocycles. The molecule has 0 unspecified atom stereocenters. The zero-order valence-electron chi connectivity index (χ0n) is 9.56. The summed E-state index contributed by atoms with van der Waals surface area (Å²) in [5, 5.41) is 0. The highest BCUT2D eigenvalue weighted by Gasteiger charge is 2.20. The van der Waals surface area contributed by atoms with Crippen molar-refractivity contribution in [3.63, 3.8) is 0 Å². The van der Waals surface area contributed by atoms with Crippen LogP contribution >= 0.6 is 0 Å². The van der Waals surface area contributed by atoms with Gasteiger partial charge in [0.25, 0.3) is 0 Å². The number of aromatic nitrogens is 1. The van der Waals surface area contributed by atoms with Gasteiger partial charge in [0.2, 0.25) is 5.91 Å². The summed E-state index contributed by atoms with van der Waals surface area (Å²) in [5.74, 6) is 0.143. The first-order valence-corrected chi connectivity index (χ1v) is 5.66. The molecular weight excluding hydrogens is 206 g/mol. The molecule has 2 rings (SSSR count). The molecule has 1 fully saturated rings. The van der Waals surface area contributed by atoms with Gasteiger partial charge >= 0.3 is 0 Å². The van der Waals surface area contributed by atoms with Crippen LogP contribution < -0.4 is 0 Å². The Hall–Kier alpha value is -1.36. The molecule has 0 saturated carbocycles. The van der Waals surface area contributed by atoms with Crippen LogP contribution in [0.5, 0.6) is 0 Å². The lowest BCUT2D eigenvalue weighted by atomic mass is 10.2. The van der Waals surface area contributed by atoms with Crippen molar-refractivity contribution in [3.05, 3.63) is 18.4 Å². The molecule has 2 heterocycles. The van der Waals surface area contributed by atoms with E-state index < -0.39 is 0 Å². The van der Waals surface area contributed by atoms with Crippen LogP contribution in [0.4, 0.5) is 0 Å². The highest BCUT2D eigenvalue weighted by Crippen LogP contribution is 2.05. The Kier molecular flexibility index (Phi) is 3.56. The maximum Gasteiger partial charge on any atom is 0.228 e. The van der Waals surface area contributed by atoms with Crippen molar-refractivity contribution in [2.45, 2.75) is 13.3 Å². The lowest BCUT2D eigenvalue weighted by molar-refractivity contribution is -0.132. The molecule has 0 aliphatic carbocycles. The molecule has 5 nitrogen and oxygen atoms in total. The summed E-state index contributed by atoms with van der Waals surface area (Å²) in [4.78, 5) is 20.1. The maximum atomic E-state index is 11.9. The van der Waals surface area contributed by atoms with Gasteiger partial charge in [-0.25, -0.2) is 4.98 Å². The van der Waals surface area contributed by atoms with E-state index in [9.17, 15) is 4.79 Å². The van der Waals surface area contributed by atoms with Gasteiger partial charge in [0.1, 0.15) is 6.26 Å². The summed E-state index contributed by atoms with van der Waals surface area (Å²) >= 11 is 0. The van der Waals surface area contributed by atoms with E-state index in [1.54, 1.807) is 0 Å². The normalized spacial score (nSPS) is 17.7. The molecule has 1 amide bonds. The number of amides is 1. The molecular formula is C11H17N3O2. The molecule has 0 aromatic carbocycles. The third-order valence-electron chi connectivity index (χ3n) is 2.99. The molecule has 0 radical (unpaired) electrons. The number of oxazole rings is 1. The minimum atomic E-state index is 0.143. The van der Waals surface area contributed by atoms with Crippen LogP contribution in [0, 0.1) is 0 Å². The van der Waals surface area contributed by atoms with Crippen molar-refractivity contribution >= 4 is 5.91 Å². The van der Waals surface area contributed by atoms with Crippen molar-refractivity contribution in [1.82, 2.24) is 14.8 Å². The number of likely N-dealkylation sites (N-methyl/N-ethyl adjacent to an activating group) is 1. The van der Waals surface area contributed by atoms with E-state index in [1.165, 1.54) is 12.7 Å². The minimum absolute atomic E-state index is 0.143. The Morgan fingerprint density at radius 3 is 2.75 bits per heavy atom. The fourth-order valence-corrected chi connectivity index (χ4v) is 1.91. The fraction of sp³-hybridized carbons (Fsp3) is 0.636. The quantitative estimate of drug-likeness (QED) is 0.743. The average molecular weight is 223 g/mol. The van der Waals surface area contributed by atoms with Crippen molar-refractivity contribution in [2.24, 2.45) is 0 Å². The van der Waals surface area contributed by atoms with Crippen LogP contribution in [0.2, 0.25) is 0 Å². The number of nitrogens with zero attached hydrogens (tertiary/aromatic N) is 3. The number of rotatable bonds is 3. The van der Waals surface area contributed by atoms with E-state index in [2.05, 4.69) is 16.8 Å². The second-order valence-electron chi connectivity index (χ2n) is 3.97. The van der Waals surface area contributed by atoms with E-state index >= 15 is 0 Å². The van der Waals surface area contributed by atoms with Gasteiger partial charge in [0.05, 0.1) is 12.1 Å². The summed E-state index contributed by atoms with van der Waals surface area (Å²) in [6.07, 6.45) is 3.24. The van der Waals surface area contributed by atoms with Crippen molar-refractivity contribution < 1.29 is 9.21 Å². The zero-order valence-corrected chi connectivity index (χ0v) is 9.56. The van der Waals surface area contributed by atoms with E-state index in [0.29, 0.717) is 12.1 Å². The number of piperazine rings is 1. The van der Waals surface area contributed by atoms with Crippen LogP contribution in [-0.2, 0) is 11.2 Å². The Balaban J connectivity index is 1.82. The molecule has 1 aromatic heterocycles.